The lowest BCUT2D eigenvalue weighted by molar-refractivity contribution is -0.159. The highest BCUT2D eigenvalue weighted by atomic mass is 19.4. The van der Waals surface area contributed by atoms with Gasteiger partial charge in [0, 0.05) is 12.3 Å². The van der Waals surface area contributed by atoms with E-state index in [0.29, 0.717) is 30.2 Å². The van der Waals surface area contributed by atoms with Crippen molar-refractivity contribution in [2.75, 3.05) is 11.5 Å². The number of hydrogen-bond donors (Lipinski definition) is 0. The van der Waals surface area contributed by atoms with E-state index in [4.69, 9.17) is 18.9 Å². The Morgan fingerprint density at radius 2 is 1.59 bits per heavy atom. The third-order valence-corrected chi connectivity index (χ3v) is 6.28. The van der Waals surface area contributed by atoms with Crippen LogP contribution in [0, 0.1) is 0 Å². The van der Waals surface area contributed by atoms with Gasteiger partial charge in [0.05, 0.1) is 12.2 Å². The molecule has 1 aliphatic rings. The fourth-order valence-electron chi connectivity index (χ4n) is 4.33. The summed E-state index contributed by atoms with van der Waals surface area (Å²) in [7, 11) is 0. The van der Waals surface area contributed by atoms with E-state index in [0.717, 1.165) is 18.6 Å². The number of anilines is 1. The molecule has 0 bridgehead atoms. The number of fused-ring (bicyclic) bond motifs is 1. The molecule has 0 atom stereocenters. The van der Waals surface area contributed by atoms with Gasteiger partial charge in [-0.25, -0.2) is 34.0 Å². The molecule has 4 rings (SSSR count). The van der Waals surface area contributed by atoms with Crippen molar-refractivity contribution in [1.29, 1.82) is 0 Å². The summed E-state index contributed by atoms with van der Waals surface area (Å²) in [6, 6.07) is 1.41. The number of halogens is 3. The van der Waals surface area contributed by atoms with Gasteiger partial charge in [0.2, 0.25) is 5.88 Å². The van der Waals surface area contributed by atoms with Gasteiger partial charge in [-0.05, 0) is 73.8 Å². The minimum absolute atomic E-state index is 0.0677. The Hall–Kier alpha value is -4.50. The van der Waals surface area contributed by atoms with Gasteiger partial charge in [0.25, 0.3) is 5.88 Å². The molecule has 0 saturated heterocycles. The van der Waals surface area contributed by atoms with Crippen LogP contribution in [0.5, 0.6) is 11.8 Å². The Morgan fingerprint density at radius 1 is 0.977 bits per heavy atom. The summed E-state index contributed by atoms with van der Waals surface area (Å²) in [5.41, 5.74) is -4.58. The fourth-order valence-corrected chi connectivity index (χ4v) is 4.33. The van der Waals surface area contributed by atoms with Gasteiger partial charge in [-0.15, -0.1) is 5.10 Å². The average Bonchev–Trinajstić information content (AvgIpc) is 3.20. The maximum atomic E-state index is 13.5. The summed E-state index contributed by atoms with van der Waals surface area (Å²) in [5, 5.41) is 4.23. The SMILES string of the molecule is CCOC(=O)C1(n2nc(Oc3cc(C(F)(F)F)ccn3)c3c(N(C(=O)OC(C)(C)C)C(=O)OC(C)(C)C)ncnc32)CCC1. The summed E-state index contributed by atoms with van der Waals surface area (Å²) in [6.07, 6.45) is -3.91. The Balaban J connectivity index is 1.99. The van der Waals surface area contributed by atoms with Crippen molar-refractivity contribution in [3.8, 4) is 11.8 Å². The summed E-state index contributed by atoms with van der Waals surface area (Å²) in [5.74, 6) is -1.98. The first-order valence-corrected chi connectivity index (χ1v) is 13.7. The smallest absolute Gasteiger partial charge is 0.425 e. The zero-order valence-electron chi connectivity index (χ0n) is 25.3. The number of pyridine rings is 1. The zero-order valence-corrected chi connectivity index (χ0v) is 25.3. The molecule has 1 fully saturated rings. The molecule has 3 aromatic rings. The highest BCUT2D eigenvalue weighted by molar-refractivity contribution is 6.14. The van der Waals surface area contributed by atoms with Crippen LogP contribution >= 0.6 is 0 Å². The molecule has 16 heteroatoms. The molecule has 0 N–H and O–H groups in total. The molecule has 238 valence electrons. The van der Waals surface area contributed by atoms with Gasteiger partial charge in [-0.1, -0.05) is 0 Å². The van der Waals surface area contributed by atoms with Crippen LogP contribution in [0.3, 0.4) is 0 Å². The monoisotopic (exact) mass is 622 g/mol. The van der Waals surface area contributed by atoms with E-state index in [1.807, 2.05) is 0 Å². The highest BCUT2D eigenvalue weighted by Gasteiger charge is 2.50. The number of amides is 2. The molecule has 3 aromatic heterocycles. The van der Waals surface area contributed by atoms with Gasteiger partial charge in [-0.2, -0.15) is 18.1 Å². The molecular weight excluding hydrogens is 589 g/mol. The molecule has 0 aliphatic heterocycles. The Bertz CT molecular complexity index is 1540. The van der Waals surface area contributed by atoms with Crippen molar-refractivity contribution in [2.24, 2.45) is 0 Å². The van der Waals surface area contributed by atoms with Crippen LogP contribution in [0.1, 0.15) is 73.3 Å². The van der Waals surface area contributed by atoms with E-state index >= 15 is 0 Å². The Labute approximate surface area is 250 Å². The molecule has 1 saturated carbocycles. The third-order valence-electron chi connectivity index (χ3n) is 6.28. The van der Waals surface area contributed by atoms with Crippen molar-refractivity contribution in [2.45, 2.75) is 90.6 Å². The van der Waals surface area contributed by atoms with Crippen molar-refractivity contribution in [3.63, 3.8) is 0 Å². The molecule has 0 radical (unpaired) electrons. The maximum absolute atomic E-state index is 13.5. The van der Waals surface area contributed by atoms with Crippen LogP contribution in [0.4, 0.5) is 28.6 Å². The number of ether oxygens (including phenoxy) is 4. The number of alkyl halides is 3. The fraction of sp³-hybridized carbons (Fsp3) is 0.536. The van der Waals surface area contributed by atoms with E-state index in [9.17, 15) is 27.6 Å². The van der Waals surface area contributed by atoms with Crippen LogP contribution in [0.25, 0.3) is 11.0 Å². The Morgan fingerprint density at radius 3 is 2.09 bits per heavy atom. The Kier molecular flexibility index (Phi) is 8.50. The number of esters is 1. The topological polar surface area (TPSA) is 148 Å². The zero-order chi connectivity index (χ0) is 32.7. The molecule has 44 heavy (non-hydrogen) atoms. The van der Waals surface area contributed by atoms with Crippen molar-refractivity contribution < 1.29 is 46.5 Å². The van der Waals surface area contributed by atoms with Gasteiger partial charge >= 0.3 is 24.3 Å². The molecular formula is C28H33F3N6O7. The normalized spacial score (nSPS) is 14.9. The molecule has 0 spiro atoms. The summed E-state index contributed by atoms with van der Waals surface area (Å²) < 4.78 is 63.7. The summed E-state index contributed by atoms with van der Waals surface area (Å²) >= 11 is 0. The van der Waals surface area contributed by atoms with Gasteiger partial charge in [0.1, 0.15) is 22.9 Å². The van der Waals surface area contributed by atoms with Crippen LogP contribution in [-0.4, -0.2) is 60.7 Å². The molecule has 3 heterocycles. The number of rotatable bonds is 6. The summed E-state index contributed by atoms with van der Waals surface area (Å²) in [6.45, 7) is 11.2. The maximum Gasteiger partial charge on any atom is 0.425 e. The largest absolute Gasteiger partial charge is 0.464 e. The molecule has 0 unspecified atom stereocenters. The van der Waals surface area contributed by atoms with E-state index < -0.39 is 64.2 Å². The molecule has 2 amide bonds. The second kappa shape index (κ2) is 11.5. The van der Waals surface area contributed by atoms with Gasteiger partial charge < -0.3 is 18.9 Å². The number of imide groups is 1. The average molecular weight is 623 g/mol. The number of nitrogens with zero attached hydrogens (tertiary/aromatic N) is 6. The summed E-state index contributed by atoms with van der Waals surface area (Å²) in [4.78, 5) is 53.0. The first-order chi connectivity index (χ1) is 20.4. The van der Waals surface area contributed by atoms with Crippen LogP contribution in [0.2, 0.25) is 0 Å². The van der Waals surface area contributed by atoms with Crippen molar-refractivity contribution >= 4 is 35.0 Å². The van der Waals surface area contributed by atoms with Crippen LogP contribution < -0.4 is 9.64 Å². The second-order valence-corrected chi connectivity index (χ2v) is 12.0. The van der Waals surface area contributed by atoms with E-state index in [1.54, 1.807) is 48.5 Å². The lowest BCUT2D eigenvalue weighted by Gasteiger charge is -2.39. The highest BCUT2D eigenvalue weighted by Crippen LogP contribution is 2.45. The minimum Gasteiger partial charge on any atom is -0.464 e. The number of hydrogen-bond acceptors (Lipinski definition) is 11. The first kappa shape index (κ1) is 32.4. The lowest BCUT2D eigenvalue weighted by atomic mass is 9.77. The number of aromatic nitrogens is 5. The predicted molar refractivity (Wildman–Crippen MR) is 148 cm³/mol. The van der Waals surface area contributed by atoms with Crippen LogP contribution in [-0.2, 0) is 30.7 Å². The third kappa shape index (κ3) is 6.68. The number of carbonyl (C=O) groups is 3. The molecule has 0 aromatic carbocycles. The van der Waals surface area contributed by atoms with Crippen molar-refractivity contribution in [3.05, 3.63) is 30.2 Å². The predicted octanol–water partition coefficient (Wildman–Crippen LogP) is 6.15. The van der Waals surface area contributed by atoms with E-state index in [2.05, 4.69) is 20.1 Å². The van der Waals surface area contributed by atoms with Gasteiger partial charge in [0.15, 0.2) is 17.0 Å². The quantitative estimate of drug-likeness (QED) is 0.230. The van der Waals surface area contributed by atoms with E-state index in [1.165, 1.54) is 4.68 Å². The van der Waals surface area contributed by atoms with Crippen molar-refractivity contribution in [1.82, 2.24) is 24.7 Å². The van der Waals surface area contributed by atoms with Crippen LogP contribution in [0.15, 0.2) is 24.7 Å². The lowest BCUT2D eigenvalue weighted by Crippen LogP contribution is -2.49. The first-order valence-electron chi connectivity index (χ1n) is 13.7. The van der Waals surface area contributed by atoms with Gasteiger partial charge in [-0.3, -0.25) is 0 Å². The minimum atomic E-state index is -4.71. The number of carbonyl (C=O) groups excluding carboxylic acids is 3. The van der Waals surface area contributed by atoms with E-state index in [-0.39, 0.29) is 17.6 Å². The molecule has 1 aliphatic carbocycles. The second-order valence-electron chi connectivity index (χ2n) is 12.0. The molecule has 13 nitrogen and oxygen atoms in total. The standard InChI is InChI=1S/C28H33F3N6O7/c1-8-41-22(38)27(11-9-12-27)37-20-18(21(35-37)42-17-14-16(10-13-32-17)28(29,30)31)19(33-15-34-20)36(23(39)43-25(2,3)4)24(40)44-26(5,6)7/h10,13-15H,8-9,11-12H2,1-7H3.